The minimum Gasteiger partial charge on any atom is -0.497 e. The van der Waals surface area contributed by atoms with Crippen molar-refractivity contribution in [1.29, 1.82) is 0 Å². The second-order valence-corrected chi connectivity index (χ2v) is 5.78. The van der Waals surface area contributed by atoms with Crippen LogP contribution in [0.25, 0.3) is 0 Å². The Morgan fingerprint density at radius 1 is 0.929 bits per heavy atom. The Labute approximate surface area is 163 Å². The van der Waals surface area contributed by atoms with E-state index in [1.165, 1.54) is 20.4 Å². The molecule has 0 fully saturated rings. The smallest absolute Gasteiger partial charge is 0.329 e. The van der Waals surface area contributed by atoms with E-state index in [2.05, 4.69) is 15.8 Å². The number of carbonyl (C=O) groups excluding carboxylic acids is 2. The van der Waals surface area contributed by atoms with Crippen LogP contribution in [-0.4, -0.2) is 39.4 Å². The first-order chi connectivity index (χ1) is 13.5. The van der Waals surface area contributed by atoms with Crippen LogP contribution in [0.3, 0.4) is 0 Å². The Morgan fingerprint density at radius 2 is 1.61 bits per heavy atom. The lowest BCUT2D eigenvalue weighted by molar-refractivity contribution is -0.139. The summed E-state index contributed by atoms with van der Waals surface area (Å²) in [5, 5.41) is 6.41. The molecule has 0 radical (unpaired) electrons. The average molecular weight is 385 g/mol. The Balaban J connectivity index is 1.91. The largest absolute Gasteiger partial charge is 0.497 e. The number of hydrogen-bond acceptors (Lipinski definition) is 6. The molecule has 2 rings (SSSR count). The van der Waals surface area contributed by atoms with Crippen molar-refractivity contribution in [1.82, 2.24) is 10.7 Å². The summed E-state index contributed by atoms with van der Waals surface area (Å²) in [6.45, 7) is 1.78. The van der Waals surface area contributed by atoms with Gasteiger partial charge in [0, 0.05) is 0 Å². The molecule has 8 nitrogen and oxygen atoms in total. The van der Waals surface area contributed by atoms with E-state index in [1.54, 1.807) is 44.4 Å². The maximum absolute atomic E-state index is 12.0. The lowest BCUT2D eigenvalue weighted by atomic mass is 10.1. The van der Waals surface area contributed by atoms with Crippen LogP contribution in [0.5, 0.6) is 17.2 Å². The maximum Gasteiger partial charge on any atom is 0.329 e. The zero-order chi connectivity index (χ0) is 20.5. The monoisotopic (exact) mass is 385 g/mol. The summed E-state index contributed by atoms with van der Waals surface area (Å²) >= 11 is 0. The zero-order valence-electron chi connectivity index (χ0n) is 16.2. The van der Waals surface area contributed by atoms with Gasteiger partial charge in [0.25, 0.3) is 0 Å². The molecule has 148 valence electrons. The minimum absolute atomic E-state index is 0.348. The summed E-state index contributed by atoms with van der Waals surface area (Å²) in [5.74, 6) is 0.175. The molecule has 0 unspecified atom stereocenters. The zero-order valence-corrected chi connectivity index (χ0v) is 16.2. The van der Waals surface area contributed by atoms with Gasteiger partial charge in [0.15, 0.2) is 11.5 Å². The Bertz CT molecular complexity index is 849. The van der Waals surface area contributed by atoms with Crippen molar-refractivity contribution in [3.8, 4) is 17.2 Å². The van der Waals surface area contributed by atoms with E-state index in [-0.39, 0.29) is 6.04 Å². The standard InChI is InChI=1S/C20H23N3O5/c1-13(15-6-8-16(26-2)9-7-15)22-19(24)20(25)23-21-12-14-5-10-17(27-3)18(11-14)28-4/h5-13H,1-4H3,(H,22,24)(H,23,25)/b21-12-/t13-/m0/s1. The van der Waals surface area contributed by atoms with Crippen molar-refractivity contribution in [3.05, 3.63) is 53.6 Å². The van der Waals surface area contributed by atoms with E-state index in [0.717, 1.165) is 5.56 Å². The molecule has 0 spiro atoms. The molecule has 8 heteroatoms. The predicted molar refractivity (Wildman–Crippen MR) is 105 cm³/mol. The fourth-order valence-corrected chi connectivity index (χ4v) is 2.39. The fourth-order valence-electron chi connectivity index (χ4n) is 2.39. The topological polar surface area (TPSA) is 98.2 Å². The SMILES string of the molecule is COc1ccc([C@H](C)NC(=O)C(=O)N/N=C\c2ccc(OC)c(OC)c2)cc1. The molecule has 0 heterocycles. The molecule has 2 aromatic carbocycles. The van der Waals surface area contributed by atoms with E-state index < -0.39 is 11.8 Å². The van der Waals surface area contributed by atoms with Gasteiger partial charge < -0.3 is 19.5 Å². The van der Waals surface area contributed by atoms with Gasteiger partial charge in [-0.1, -0.05) is 12.1 Å². The molecular formula is C20H23N3O5. The van der Waals surface area contributed by atoms with Crippen LogP contribution in [-0.2, 0) is 9.59 Å². The van der Waals surface area contributed by atoms with Gasteiger partial charge in [0.1, 0.15) is 5.75 Å². The number of nitrogens with zero attached hydrogens (tertiary/aromatic N) is 1. The van der Waals surface area contributed by atoms with E-state index >= 15 is 0 Å². The van der Waals surface area contributed by atoms with Gasteiger partial charge >= 0.3 is 11.8 Å². The first-order valence-electron chi connectivity index (χ1n) is 8.48. The highest BCUT2D eigenvalue weighted by atomic mass is 16.5. The summed E-state index contributed by atoms with van der Waals surface area (Å²) in [6.07, 6.45) is 1.40. The first-order valence-corrected chi connectivity index (χ1v) is 8.48. The number of hydrazone groups is 1. The van der Waals surface area contributed by atoms with E-state index in [1.807, 2.05) is 12.1 Å². The molecule has 0 saturated carbocycles. The number of methoxy groups -OCH3 is 3. The van der Waals surface area contributed by atoms with Crippen LogP contribution in [0.1, 0.15) is 24.1 Å². The molecule has 1 atom stereocenters. The highest BCUT2D eigenvalue weighted by Gasteiger charge is 2.16. The van der Waals surface area contributed by atoms with Crippen LogP contribution >= 0.6 is 0 Å². The Hall–Kier alpha value is -3.55. The number of benzene rings is 2. The summed E-state index contributed by atoms with van der Waals surface area (Å²) in [5.41, 5.74) is 3.71. The van der Waals surface area contributed by atoms with Gasteiger partial charge in [0.05, 0.1) is 33.6 Å². The lowest BCUT2D eigenvalue weighted by Crippen LogP contribution is -2.39. The van der Waals surface area contributed by atoms with Crippen LogP contribution in [0.4, 0.5) is 0 Å². The van der Waals surface area contributed by atoms with Crippen molar-refractivity contribution < 1.29 is 23.8 Å². The van der Waals surface area contributed by atoms with Crippen LogP contribution < -0.4 is 25.0 Å². The number of rotatable bonds is 7. The Kier molecular flexibility index (Phi) is 7.38. The molecule has 0 aliphatic heterocycles. The first kappa shape index (κ1) is 20.8. The van der Waals surface area contributed by atoms with E-state index in [0.29, 0.717) is 22.8 Å². The summed E-state index contributed by atoms with van der Waals surface area (Å²) in [4.78, 5) is 23.9. The fraction of sp³-hybridized carbons (Fsp3) is 0.250. The molecule has 0 bridgehead atoms. The lowest BCUT2D eigenvalue weighted by Gasteiger charge is -2.13. The summed E-state index contributed by atoms with van der Waals surface area (Å²) in [7, 11) is 4.64. The third kappa shape index (κ3) is 5.47. The molecule has 2 aromatic rings. The normalized spacial score (nSPS) is 11.6. The van der Waals surface area contributed by atoms with Gasteiger partial charge in [-0.15, -0.1) is 0 Å². The number of hydrogen-bond donors (Lipinski definition) is 2. The second kappa shape index (κ2) is 9.96. The Morgan fingerprint density at radius 3 is 2.21 bits per heavy atom. The van der Waals surface area contributed by atoms with Gasteiger partial charge in [-0.2, -0.15) is 5.10 Å². The molecule has 0 aromatic heterocycles. The van der Waals surface area contributed by atoms with E-state index in [4.69, 9.17) is 14.2 Å². The molecule has 0 aliphatic carbocycles. The number of amides is 2. The van der Waals surface area contributed by atoms with Crippen molar-refractivity contribution in [2.75, 3.05) is 21.3 Å². The van der Waals surface area contributed by atoms with Gasteiger partial charge in [-0.25, -0.2) is 5.43 Å². The molecular weight excluding hydrogens is 362 g/mol. The van der Waals surface area contributed by atoms with Crippen molar-refractivity contribution in [3.63, 3.8) is 0 Å². The third-order valence-electron chi connectivity index (χ3n) is 3.96. The number of nitrogens with one attached hydrogen (secondary N) is 2. The van der Waals surface area contributed by atoms with Crippen LogP contribution in [0.2, 0.25) is 0 Å². The van der Waals surface area contributed by atoms with Gasteiger partial charge in [-0.05, 0) is 48.4 Å². The van der Waals surface area contributed by atoms with Crippen LogP contribution in [0, 0.1) is 0 Å². The molecule has 28 heavy (non-hydrogen) atoms. The van der Waals surface area contributed by atoms with Gasteiger partial charge in [-0.3, -0.25) is 9.59 Å². The van der Waals surface area contributed by atoms with Crippen LogP contribution in [0.15, 0.2) is 47.6 Å². The molecule has 2 N–H and O–H groups in total. The maximum atomic E-state index is 12.0. The van der Waals surface area contributed by atoms with Crippen molar-refractivity contribution in [2.24, 2.45) is 5.10 Å². The highest BCUT2D eigenvalue weighted by Crippen LogP contribution is 2.26. The average Bonchev–Trinajstić information content (AvgIpc) is 2.73. The van der Waals surface area contributed by atoms with Crippen molar-refractivity contribution in [2.45, 2.75) is 13.0 Å². The highest BCUT2D eigenvalue weighted by molar-refractivity contribution is 6.35. The van der Waals surface area contributed by atoms with E-state index in [9.17, 15) is 9.59 Å². The molecule has 0 aliphatic rings. The number of carbonyl (C=O) groups is 2. The molecule has 0 saturated heterocycles. The predicted octanol–water partition coefficient (Wildman–Crippen LogP) is 2.04. The summed E-state index contributed by atoms with van der Waals surface area (Å²) in [6, 6.07) is 12.0. The molecule has 2 amide bonds. The third-order valence-corrected chi connectivity index (χ3v) is 3.96. The van der Waals surface area contributed by atoms with Gasteiger partial charge in [0.2, 0.25) is 0 Å². The van der Waals surface area contributed by atoms with Crippen molar-refractivity contribution >= 4 is 18.0 Å². The minimum atomic E-state index is -0.864. The quantitative estimate of drug-likeness (QED) is 0.432. The second-order valence-electron chi connectivity index (χ2n) is 5.78. The summed E-state index contributed by atoms with van der Waals surface area (Å²) < 4.78 is 15.4. The number of ether oxygens (including phenoxy) is 3.